The third-order valence-corrected chi connectivity index (χ3v) is 5.59. The summed E-state index contributed by atoms with van der Waals surface area (Å²) in [7, 11) is -3.41. The number of nitrogens with zero attached hydrogens (tertiary/aromatic N) is 1. The Bertz CT molecular complexity index is 643. The van der Waals surface area contributed by atoms with Gasteiger partial charge >= 0.3 is 0 Å². The Balaban J connectivity index is 1.95. The second-order valence-electron chi connectivity index (χ2n) is 6.12. The van der Waals surface area contributed by atoms with Gasteiger partial charge in [0.25, 0.3) is 5.91 Å². The highest BCUT2D eigenvalue weighted by atomic mass is 32.2. The number of hydrogen-bond acceptors (Lipinski definition) is 4. The molecule has 0 bridgehead atoms. The second-order valence-corrected chi connectivity index (χ2v) is 8.10. The summed E-state index contributed by atoms with van der Waals surface area (Å²) in [5.74, 6) is -0.323. The van der Waals surface area contributed by atoms with Gasteiger partial charge in [-0.2, -0.15) is 0 Å². The molecular formula is C17H26N2O3S. The number of carbonyl (C=O) groups is 1. The van der Waals surface area contributed by atoms with Crippen LogP contribution in [-0.4, -0.2) is 51.2 Å². The van der Waals surface area contributed by atoms with E-state index in [1.807, 2.05) is 0 Å². The lowest BCUT2D eigenvalue weighted by Gasteiger charge is -2.35. The molecule has 0 saturated carbocycles. The van der Waals surface area contributed by atoms with Crippen LogP contribution in [0.25, 0.3) is 0 Å². The van der Waals surface area contributed by atoms with Crippen LogP contribution in [0, 0.1) is 0 Å². The first kappa shape index (κ1) is 17.9. The van der Waals surface area contributed by atoms with Crippen LogP contribution in [-0.2, 0) is 9.84 Å². The van der Waals surface area contributed by atoms with E-state index in [-0.39, 0.29) is 16.4 Å². The maximum Gasteiger partial charge on any atom is 0.252 e. The summed E-state index contributed by atoms with van der Waals surface area (Å²) in [5.41, 5.74) is 0.223. The van der Waals surface area contributed by atoms with Gasteiger partial charge in [0.1, 0.15) is 0 Å². The number of sulfone groups is 1. The average Bonchev–Trinajstić information content (AvgIpc) is 2.54. The minimum Gasteiger partial charge on any atom is -0.351 e. The van der Waals surface area contributed by atoms with Crippen LogP contribution >= 0.6 is 0 Å². The number of rotatable bonds is 6. The summed E-state index contributed by atoms with van der Waals surface area (Å²) in [4.78, 5) is 14.8. The molecule has 6 heteroatoms. The van der Waals surface area contributed by atoms with Crippen LogP contribution in [0.3, 0.4) is 0 Å². The van der Waals surface area contributed by atoms with Gasteiger partial charge < -0.3 is 5.32 Å². The molecule has 1 aromatic carbocycles. The van der Waals surface area contributed by atoms with Gasteiger partial charge in [-0.05, 0) is 37.9 Å². The minimum absolute atomic E-state index is 0.0851. The lowest BCUT2D eigenvalue weighted by Crippen LogP contribution is -2.43. The predicted molar refractivity (Wildman–Crippen MR) is 91.4 cm³/mol. The summed E-state index contributed by atoms with van der Waals surface area (Å²) < 4.78 is 23.5. The van der Waals surface area contributed by atoms with Crippen molar-refractivity contribution >= 4 is 15.7 Å². The van der Waals surface area contributed by atoms with Gasteiger partial charge in [-0.15, -0.1) is 0 Å². The molecule has 128 valence electrons. The maximum absolute atomic E-state index is 12.3. The Morgan fingerprint density at radius 1 is 1.30 bits per heavy atom. The SMILES string of the molecule is CCC1CCCCN1CCNC(=O)c1ccccc1S(C)(=O)=O. The number of carbonyl (C=O) groups excluding carboxylic acids is 1. The molecule has 2 rings (SSSR count). The van der Waals surface area contributed by atoms with E-state index in [0.29, 0.717) is 12.6 Å². The van der Waals surface area contributed by atoms with Crippen LogP contribution < -0.4 is 5.32 Å². The highest BCUT2D eigenvalue weighted by molar-refractivity contribution is 7.90. The molecule has 1 amide bonds. The molecule has 0 aromatic heterocycles. The Morgan fingerprint density at radius 3 is 2.74 bits per heavy atom. The van der Waals surface area contributed by atoms with Gasteiger partial charge in [-0.25, -0.2) is 8.42 Å². The lowest BCUT2D eigenvalue weighted by atomic mass is 10.0. The molecule has 1 aliphatic heterocycles. The van der Waals surface area contributed by atoms with Crippen molar-refractivity contribution in [1.82, 2.24) is 10.2 Å². The van der Waals surface area contributed by atoms with Gasteiger partial charge in [-0.1, -0.05) is 25.5 Å². The topological polar surface area (TPSA) is 66.5 Å². The highest BCUT2D eigenvalue weighted by Gasteiger charge is 2.21. The zero-order valence-corrected chi connectivity index (χ0v) is 14.7. The van der Waals surface area contributed by atoms with E-state index in [1.165, 1.54) is 25.3 Å². The largest absolute Gasteiger partial charge is 0.351 e. The van der Waals surface area contributed by atoms with E-state index in [2.05, 4.69) is 17.1 Å². The number of amides is 1. The fourth-order valence-corrected chi connectivity index (χ4v) is 4.09. The van der Waals surface area contributed by atoms with Crippen molar-refractivity contribution < 1.29 is 13.2 Å². The van der Waals surface area contributed by atoms with Crippen LogP contribution in [0.15, 0.2) is 29.2 Å². The monoisotopic (exact) mass is 338 g/mol. The molecule has 1 aliphatic rings. The summed E-state index contributed by atoms with van der Waals surface area (Å²) in [6.07, 6.45) is 5.97. The first-order chi connectivity index (χ1) is 10.9. The smallest absolute Gasteiger partial charge is 0.252 e. The lowest BCUT2D eigenvalue weighted by molar-refractivity contribution is 0.0931. The predicted octanol–water partition coefficient (Wildman–Crippen LogP) is 2.08. The fourth-order valence-electron chi connectivity index (χ4n) is 3.20. The molecule has 1 atom stereocenters. The van der Waals surface area contributed by atoms with Gasteiger partial charge in [0.05, 0.1) is 10.5 Å². The standard InChI is InChI=1S/C17H26N2O3S/c1-3-14-8-6-7-12-19(14)13-11-18-17(20)15-9-4-5-10-16(15)23(2,21)22/h4-5,9-10,14H,3,6-8,11-13H2,1-2H3,(H,18,20). The van der Waals surface area contributed by atoms with Crippen LogP contribution in [0.4, 0.5) is 0 Å². The molecular weight excluding hydrogens is 312 g/mol. The molecule has 0 radical (unpaired) electrons. The molecule has 0 spiro atoms. The number of likely N-dealkylation sites (tertiary alicyclic amines) is 1. The summed E-state index contributed by atoms with van der Waals surface area (Å²) in [6.45, 7) is 4.62. The maximum atomic E-state index is 12.3. The molecule has 1 unspecified atom stereocenters. The quantitative estimate of drug-likeness (QED) is 0.862. The van der Waals surface area contributed by atoms with Gasteiger partial charge in [0.2, 0.25) is 0 Å². The average molecular weight is 338 g/mol. The van der Waals surface area contributed by atoms with Gasteiger partial charge in [0, 0.05) is 25.4 Å². The number of nitrogens with one attached hydrogen (secondary N) is 1. The molecule has 1 heterocycles. The first-order valence-electron chi connectivity index (χ1n) is 8.24. The van der Waals surface area contributed by atoms with Crippen molar-refractivity contribution in [3.63, 3.8) is 0 Å². The normalized spacial score (nSPS) is 19.5. The van der Waals surface area contributed by atoms with Crippen molar-refractivity contribution in [2.24, 2.45) is 0 Å². The Kier molecular flexibility index (Phi) is 6.18. The number of piperidine rings is 1. The summed E-state index contributed by atoms with van der Waals surface area (Å²) in [6, 6.07) is 6.95. The Morgan fingerprint density at radius 2 is 2.04 bits per heavy atom. The van der Waals surface area contributed by atoms with Crippen LogP contribution in [0.5, 0.6) is 0 Å². The zero-order valence-electron chi connectivity index (χ0n) is 13.9. The Hall–Kier alpha value is -1.40. The molecule has 1 N–H and O–H groups in total. The second kappa shape index (κ2) is 7.93. The van der Waals surface area contributed by atoms with E-state index in [1.54, 1.807) is 18.2 Å². The van der Waals surface area contributed by atoms with Crippen molar-refractivity contribution in [3.05, 3.63) is 29.8 Å². The minimum atomic E-state index is -3.41. The van der Waals surface area contributed by atoms with Gasteiger partial charge in [-0.3, -0.25) is 9.69 Å². The van der Waals surface area contributed by atoms with Gasteiger partial charge in [0.15, 0.2) is 9.84 Å². The van der Waals surface area contributed by atoms with E-state index < -0.39 is 9.84 Å². The van der Waals surface area contributed by atoms with Crippen LogP contribution in [0.1, 0.15) is 43.0 Å². The van der Waals surface area contributed by atoms with Crippen molar-refractivity contribution in [2.75, 3.05) is 25.9 Å². The van der Waals surface area contributed by atoms with E-state index in [9.17, 15) is 13.2 Å². The fraction of sp³-hybridized carbons (Fsp3) is 0.588. The number of benzene rings is 1. The third-order valence-electron chi connectivity index (χ3n) is 4.44. The molecule has 23 heavy (non-hydrogen) atoms. The molecule has 5 nitrogen and oxygen atoms in total. The van der Waals surface area contributed by atoms with E-state index in [0.717, 1.165) is 25.8 Å². The summed E-state index contributed by atoms with van der Waals surface area (Å²) >= 11 is 0. The van der Waals surface area contributed by atoms with Crippen molar-refractivity contribution in [2.45, 2.75) is 43.5 Å². The molecule has 0 aliphatic carbocycles. The molecule has 1 saturated heterocycles. The zero-order chi connectivity index (χ0) is 16.9. The number of hydrogen-bond donors (Lipinski definition) is 1. The summed E-state index contributed by atoms with van der Waals surface area (Å²) in [5, 5.41) is 2.86. The third kappa shape index (κ3) is 4.78. The Labute approximate surface area is 139 Å². The molecule has 1 fully saturated rings. The van der Waals surface area contributed by atoms with Crippen LogP contribution in [0.2, 0.25) is 0 Å². The van der Waals surface area contributed by atoms with E-state index >= 15 is 0 Å². The highest BCUT2D eigenvalue weighted by Crippen LogP contribution is 2.19. The first-order valence-corrected chi connectivity index (χ1v) is 10.1. The van der Waals surface area contributed by atoms with Crippen molar-refractivity contribution in [3.8, 4) is 0 Å². The van der Waals surface area contributed by atoms with Crippen molar-refractivity contribution in [1.29, 1.82) is 0 Å². The van der Waals surface area contributed by atoms with E-state index in [4.69, 9.17) is 0 Å². The molecule has 1 aromatic rings.